The van der Waals surface area contributed by atoms with E-state index in [-0.39, 0.29) is 18.8 Å². The smallest absolute Gasteiger partial charge is 0.0161 e. The summed E-state index contributed by atoms with van der Waals surface area (Å²) in [7, 11) is -0.358. The quantitative estimate of drug-likeness (QED) is 0.775. The van der Waals surface area contributed by atoms with E-state index in [1.165, 1.54) is 16.4 Å². The Bertz CT molecular complexity index is 559. The van der Waals surface area contributed by atoms with Crippen LogP contribution in [-0.4, -0.2) is 6.66 Å². The van der Waals surface area contributed by atoms with E-state index >= 15 is 0 Å². The standard InChI is InChI=1S/C18H23OP/c1-5-18(3,15-8-6-14(2)7-9-15)20(4)17-12-10-16(19)11-13-17/h6-13,19H,5H2,1-4H3/p-1. The Hall–Kier alpha value is -1.33. The molecule has 2 aromatic rings. The minimum Gasteiger partial charge on any atom is -0.872 e. The highest BCUT2D eigenvalue weighted by Crippen LogP contribution is 2.54. The minimum absolute atomic E-state index is 0.0886. The molecule has 0 aliphatic heterocycles. The van der Waals surface area contributed by atoms with E-state index in [4.69, 9.17) is 0 Å². The van der Waals surface area contributed by atoms with Gasteiger partial charge in [-0.15, -0.1) is 5.75 Å². The normalized spacial score (nSPS) is 15.6. The molecule has 0 aliphatic rings. The third-order valence-electron chi connectivity index (χ3n) is 4.33. The summed E-state index contributed by atoms with van der Waals surface area (Å²) in [5.74, 6) is 0.0886. The molecule has 1 nitrogen and oxygen atoms in total. The van der Waals surface area contributed by atoms with Crippen LogP contribution in [0.4, 0.5) is 0 Å². The van der Waals surface area contributed by atoms with Gasteiger partial charge in [-0.05, 0) is 30.9 Å². The van der Waals surface area contributed by atoms with Gasteiger partial charge in [-0.2, -0.15) is 0 Å². The van der Waals surface area contributed by atoms with Crippen LogP contribution in [0.5, 0.6) is 5.75 Å². The number of rotatable bonds is 4. The van der Waals surface area contributed by atoms with E-state index in [9.17, 15) is 5.11 Å². The summed E-state index contributed by atoms with van der Waals surface area (Å²) in [6.07, 6.45) is 1.09. The van der Waals surface area contributed by atoms with E-state index in [0.717, 1.165) is 6.42 Å². The first kappa shape index (κ1) is 15.1. The molecule has 0 radical (unpaired) electrons. The molecule has 0 saturated heterocycles. The summed E-state index contributed by atoms with van der Waals surface area (Å²) < 4.78 is 0. The number of hydrogen-bond acceptors (Lipinski definition) is 1. The Balaban J connectivity index is 2.39. The Labute approximate surface area is 123 Å². The molecule has 0 fully saturated rings. The zero-order valence-electron chi connectivity index (χ0n) is 12.7. The van der Waals surface area contributed by atoms with Gasteiger partial charge in [0.2, 0.25) is 0 Å². The van der Waals surface area contributed by atoms with Crippen LogP contribution in [0, 0.1) is 6.92 Å². The lowest BCUT2D eigenvalue weighted by atomic mass is 9.96. The van der Waals surface area contributed by atoms with Gasteiger partial charge in [0.15, 0.2) is 0 Å². The number of hydrogen-bond donors (Lipinski definition) is 0. The fourth-order valence-electron chi connectivity index (χ4n) is 2.50. The van der Waals surface area contributed by atoms with Crippen molar-refractivity contribution in [2.75, 3.05) is 6.66 Å². The van der Waals surface area contributed by atoms with Gasteiger partial charge in [0.1, 0.15) is 0 Å². The summed E-state index contributed by atoms with van der Waals surface area (Å²) in [6, 6.07) is 16.2. The van der Waals surface area contributed by atoms with Crippen LogP contribution in [0.25, 0.3) is 0 Å². The predicted octanol–water partition coefficient (Wildman–Crippen LogP) is 4.13. The molecule has 0 bridgehead atoms. The molecule has 2 heteroatoms. The summed E-state index contributed by atoms with van der Waals surface area (Å²) in [4.78, 5) is 0. The summed E-state index contributed by atoms with van der Waals surface area (Å²) >= 11 is 0. The molecular weight excluding hydrogens is 263 g/mol. The Morgan fingerprint density at radius 2 is 1.55 bits per heavy atom. The van der Waals surface area contributed by atoms with Crippen molar-refractivity contribution in [3.8, 4) is 5.75 Å². The van der Waals surface area contributed by atoms with Crippen molar-refractivity contribution in [1.29, 1.82) is 0 Å². The summed E-state index contributed by atoms with van der Waals surface area (Å²) in [5, 5.41) is 12.7. The zero-order chi connectivity index (χ0) is 14.8. The molecular formula is C18H22OP-. The first-order chi connectivity index (χ1) is 9.47. The van der Waals surface area contributed by atoms with E-state index in [0.29, 0.717) is 0 Å². The van der Waals surface area contributed by atoms with E-state index in [1.54, 1.807) is 12.1 Å². The third-order valence-corrected chi connectivity index (χ3v) is 7.45. The fraction of sp³-hybridized carbons (Fsp3) is 0.333. The lowest BCUT2D eigenvalue weighted by Gasteiger charge is -2.36. The second kappa shape index (κ2) is 5.97. The second-order valence-corrected chi connectivity index (χ2v) is 8.17. The Morgan fingerprint density at radius 3 is 2.05 bits per heavy atom. The summed E-state index contributed by atoms with van der Waals surface area (Å²) in [5.41, 5.74) is 2.69. The van der Waals surface area contributed by atoms with Crippen molar-refractivity contribution in [2.45, 2.75) is 32.3 Å². The minimum atomic E-state index is -0.358. The van der Waals surface area contributed by atoms with Crippen molar-refractivity contribution in [3.05, 3.63) is 59.7 Å². The lowest BCUT2D eigenvalue weighted by molar-refractivity contribution is -0.268. The molecule has 0 heterocycles. The van der Waals surface area contributed by atoms with Gasteiger partial charge in [0.05, 0.1) is 0 Å². The van der Waals surface area contributed by atoms with Crippen molar-refractivity contribution < 1.29 is 5.11 Å². The monoisotopic (exact) mass is 285 g/mol. The van der Waals surface area contributed by atoms with E-state index in [1.807, 2.05) is 12.1 Å². The Morgan fingerprint density at radius 1 is 1.00 bits per heavy atom. The highest BCUT2D eigenvalue weighted by Gasteiger charge is 2.31. The molecule has 0 amide bonds. The maximum Gasteiger partial charge on any atom is 0.0161 e. The van der Waals surface area contributed by atoms with Crippen molar-refractivity contribution in [3.63, 3.8) is 0 Å². The first-order valence-electron chi connectivity index (χ1n) is 7.05. The van der Waals surface area contributed by atoms with Gasteiger partial charge in [0, 0.05) is 5.16 Å². The first-order valence-corrected chi connectivity index (χ1v) is 8.84. The fourth-order valence-corrected chi connectivity index (χ4v) is 4.68. The average Bonchev–Trinajstić information content (AvgIpc) is 2.47. The zero-order valence-corrected chi connectivity index (χ0v) is 13.6. The SMILES string of the molecule is CCC(C)(c1ccc(C)cc1)P(C)c1ccc([O-])cc1. The largest absolute Gasteiger partial charge is 0.872 e. The molecule has 2 unspecified atom stereocenters. The van der Waals surface area contributed by atoms with Gasteiger partial charge in [-0.25, -0.2) is 0 Å². The topological polar surface area (TPSA) is 23.1 Å². The van der Waals surface area contributed by atoms with Crippen molar-refractivity contribution in [1.82, 2.24) is 0 Å². The van der Waals surface area contributed by atoms with Crippen LogP contribution in [0.15, 0.2) is 48.5 Å². The molecule has 20 heavy (non-hydrogen) atoms. The maximum absolute atomic E-state index is 11.3. The van der Waals surface area contributed by atoms with Crippen LogP contribution < -0.4 is 10.4 Å². The summed E-state index contributed by atoms with van der Waals surface area (Å²) in [6.45, 7) is 9.03. The highest BCUT2D eigenvalue weighted by molar-refractivity contribution is 7.66. The predicted molar refractivity (Wildman–Crippen MR) is 87.2 cm³/mol. The second-order valence-electron chi connectivity index (χ2n) is 5.55. The van der Waals surface area contributed by atoms with Crippen molar-refractivity contribution in [2.24, 2.45) is 0 Å². The van der Waals surface area contributed by atoms with Gasteiger partial charge in [0.25, 0.3) is 0 Å². The molecule has 106 valence electrons. The van der Waals surface area contributed by atoms with Gasteiger partial charge in [-0.3, -0.25) is 0 Å². The molecule has 0 N–H and O–H groups in total. The van der Waals surface area contributed by atoms with Crippen LogP contribution in [0.1, 0.15) is 31.4 Å². The molecule has 0 saturated carbocycles. The van der Waals surface area contributed by atoms with E-state index in [2.05, 4.69) is 51.7 Å². The molecule has 2 rings (SSSR count). The van der Waals surface area contributed by atoms with Crippen LogP contribution in [0.3, 0.4) is 0 Å². The van der Waals surface area contributed by atoms with Gasteiger partial charge in [-0.1, -0.05) is 75.9 Å². The Kier molecular flexibility index (Phi) is 4.50. The number of aryl methyl sites for hydroxylation is 1. The van der Waals surface area contributed by atoms with Crippen LogP contribution in [-0.2, 0) is 5.16 Å². The molecule has 0 spiro atoms. The van der Waals surface area contributed by atoms with E-state index < -0.39 is 0 Å². The van der Waals surface area contributed by atoms with Gasteiger partial charge < -0.3 is 5.11 Å². The number of benzene rings is 2. The lowest BCUT2D eigenvalue weighted by Crippen LogP contribution is -2.23. The van der Waals surface area contributed by atoms with Crippen molar-refractivity contribution >= 4 is 13.2 Å². The average molecular weight is 285 g/mol. The van der Waals surface area contributed by atoms with Gasteiger partial charge >= 0.3 is 0 Å². The molecule has 2 atom stereocenters. The third kappa shape index (κ3) is 2.88. The maximum atomic E-state index is 11.3. The van der Waals surface area contributed by atoms with Crippen LogP contribution in [0.2, 0.25) is 0 Å². The molecule has 0 aliphatic carbocycles. The molecule has 2 aromatic carbocycles. The highest BCUT2D eigenvalue weighted by atomic mass is 31.1. The van der Waals surface area contributed by atoms with Crippen LogP contribution >= 0.6 is 7.92 Å². The molecule has 0 aromatic heterocycles.